The second kappa shape index (κ2) is 10.9. The van der Waals surface area contributed by atoms with Crippen LogP contribution in [0.3, 0.4) is 0 Å². The van der Waals surface area contributed by atoms with Crippen LogP contribution in [0.4, 0.5) is 0 Å². The maximum absolute atomic E-state index is 13.2. The van der Waals surface area contributed by atoms with Crippen LogP contribution in [0.2, 0.25) is 5.02 Å². The highest BCUT2D eigenvalue weighted by Crippen LogP contribution is 2.38. The van der Waals surface area contributed by atoms with Crippen molar-refractivity contribution in [3.05, 3.63) is 83.0 Å². The number of hydrogen-bond donors (Lipinski definition) is 2. The smallest absolute Gasteiger partial charge is 0.292 e. The van der Waals surface area contributed by atoms with Crippen LogP contribution in [0.1, 0.15) is 48.5 Å². The molecule has 41 heavy (non-hydrogen) atoms. The topological polar surface area (TPSA) is 96.7 Å². The van der Waals surface area contributed by atoms with E-state index < -0.39 is 23.5 Å². The summed E-state index contributed by atoms with van der Waals surface area (Å²) < 4.78 is 7.68. The third-order valence-electron chi connectivity index (χ3n) is 8.15. The van der Waals surface area contributed by atoms with E-state index in [0.29, 0.717) is 29.4 Å². The van der Waals surface area contributed by atoms with Gasteiger partial charge in [-0.1, -0.05) is 54.1 Å². The average Bonchev–Trinajstić information content (AvgIpc) is 3.47. The molecule has 2 heterocycles. The standard InChI is InChI=1S/C32H33ClN4O4/c1-20(32(40,37-15-3-4-16-37)25-11-14-29(27(33)18-25)41-26-12-13-26)35-31(39)30(38)22-7-5-21(6-8-22)23-9-10-24-19-34-36(2)28(24)17-23/h5-11,14,17-20,26,40H,3-4,12-13,15-16H2,1-2H3,(H,35,39)/t20-,32+/m1/s1. The van der Waals surface area contributed by atoms with Gasteiger partial charge in [-0.3, -0.25) is 19.2 Å². The summed E-state index contributed by atoms with van der Waals surface area (Å²) in [7, 11) is 1.89. The molecule has 6 rings (SSSR count). The van der Waals surface area contributed by atoms with Crippen molar-refractivity contribution in [2.45, 2.75) is 50.5 Å². The van der Waals surface area contributed by atoms with Crippen LogP contribution in [0.15, 0.2) is 66.9 Å². The number of ketones is 1. The number of fused-ring (bicyclic) bond motifs is 1. The van der Waals surface area contributed by atoms with E-state index in [2.05, 4.69) is 10.4 Å². The van der Waals surface area contributed by atoms with Crippen LogP contribution in [-0.4, -0.2) is 56.7 Å². The zero-order valence-electron chi connectivity index (χ0n) is 23.1. The first-order valence-electron chi connectivity index (χ1n) is 14.1. The Balaban J connectivity index is 1.19. The van der Waals surface area contributed by atoms with Gasteiger partial charge in [0.25, 0.3) is 5.91 Å². The molecule has 2 aliphatic rings. The van der Waals surface area contributed by atoms with Gasteiger partial charge in [0.1, 0.15) is 5.75 Å². The van der Waals surface area contributed by atoms with Crippen LogP contribution < -0.4 is 10.1 Å². The number of Topliss-reactive ketones (excluding diaryl/α,β-unsaturated/α-hetero) is 1. The Bertz CT molecular complexity index is 1610. The number of aliphatic hydroxyl groups is 1. The molecule has 1 aromatic heterocycles. The highest BCUT2D eigenvalue weighted by molar-refractivity contribution is 6.42. The molecule has 0 bridgehead atoms. The Kier molecular flexibility index (Phi) is 7.32. The van der Waals surface area contributed by atoms with Crippen molar-refractivity contribution in [3.8, 4) is 16.9 Å². The Hall–Kier alpha value is -3.72. The summed E-state index contributed by atoms with van der Waals surface area (Å²) in [6.45, 7) is 3.03. The quantitative estimate of drug-likeness (QED) is 0.215. The summed E-state index contributed by atoms with van der Waals surface area (Å²) in [6.07, 6.45) is 5.89. The van der Waals surface area contributed by atoms with E-state index in [0.717, 1.165) is 47.7 Å². The molecule has 2 N–H and O–H groups in total. The predicted molar refractivity (Wildman–Crippen MR) is 158 cm³/mol. The number of ether oxygens (including phenoxy) is 1. The van der Waals surface area contributed by atoms with Gasteiger partial charge in [-0.05, 0) is 61.9 Å². The SMILES string of the molecule is C[C@@H](NC(=O)C(=O)c1ccc(-c2ccc3cnn(C)c3c2)cc1)[C@](O)(c1ccc(OC2CC2)c(Cl)c1)N1CCCC1. The number of benzene rings is 3. The summed E-state index contributed by atoms with van der Waals surface area (Å²) in [5.74, 6) is -0.864. The molecule has 9 heteroatoms. The van der Waals surface area contributed by atoms with E-state index >= 15 is 0 Å². The molecule has 1 aliphatic carbocycles. The van der Waals surface area contributed by atoms with Crippen LogP contribution >= 0.6 is 11.6 Å². The van der Waals surface area contributed by atoms with Gasteiger partial charge >= 0.3 is 0 Å². The van der Waals surface area contributed by atoms with Crippen molar-refractivity contribution in [1.29, 1.82) is 0 Å². The zero-order valence-corrected chi connectivity index (χ0v) is 23.9. The van der Waals surface area contributed by atoms with Gasteiger partial charge in [0.05, 0.1) is 28.9 Å². The number of nitrogens with zero attached hydrogens (tertiary/aromatic N) is 3. The highest BCUT2D eigenvalue weighted by atomic mass is 35.5. The van der Waals surface area contributed by atoms with Crippen LogP contribution in [0.25, 0.3) is 22.0 Å². The van der Waals surface area contributed by atoms with Crippen LogP contribution in [0.5, 0.6) is 5.75 Å². The third kappa shape index (κ3) is 5.35. The molecular formula is C32H33ClN4O4. The number of hydrogen-bond acceptors (Lipinski definition) is 6. The van der Waals surface area contributed by atoms with Gasteiger partial charge in [-0.2, -0.15) is 5.10 Å². The molecular weight excluding hydrogens is 540 g/mol. The van der Waals surface area contributed by atoms with Gasteiger partial charge < -0.3 is 15.2 Å². The molecule has 3 aromatic carbocycles. The fourth-order valence-electron chi connectivity index (χ4n) is 5.59. The van der Waals surface area contributed by atoms with Crippen LogP contribution in [-0.2, 0) is 17.6 Å². The molecule has 1 aliphatic heterocycles. The van der Waals surface area contributed by atoms with Crippen molar-refractivity contribution in [2.24, 2.45) is 7.05 Å². The minimum Gasteiger partial charge on any atom is -0.489 e. The van der Waals surface area contributed by atoms with Crippen molar-refractivity contribution in [3.63, 3.8) is 0 Å². The number of likely N-dealkylation sites (tertiary alicyclic amines) is 1. The lowest BCUT2D eigenvalue weighted by Crippen LogP contribution is -2.59. The highest BCUT2D eigenvalue weighted by Gasteiger charge is 2.44. The monoisotopic (exact) mass is 572 g/mol. The third-order valence-corrected chi connectivity index (χ3v) is 8.45. The maximum Gasteiger partial charge on any atom is 0.292 e. The van der Waals surface area contributed by atoms with E-state index in [1.54, 1.807) is 37.3 Å². The summed E-state index contributed by atoms with van der Waals surface area (Å²) in [5.41, 5.74) is 2.18. The number of carbonyl (C=O) groups excluding carboxylic acids is 2. The molecule has 0 radical (unpaired) electrons. The molecule has 4 aromatic rings. The van der Waals surface area contributed by atoms with E-state index in [1.807, 2.05) is 53.2 Å². The summed E-state index contributed by atoms with van der Waals surface area (Å²) in [6, 6.07) is 17.5. The maximum atomic E-state index is 13.2. The van der Waals surface area contributed by atoms with Gasteiger partial charge in [-0.25, -0.2) is 0 Å². The molecule has 0 unspecified atom stereocenters. The van der Waals surface area contributed by atoms with Crippen molar-refractivity contribution < 1.29 is 19.4 Å². The predicted octanol–water partition coefficient (Wildman–Crippen LogP) is 5.06. The number of aryl methyl sites for hydroxylation is 1. The number of rotatable bonds is 9. The number of halogens is 1. The Morgan fingerprint density at radius 1 is 1.05 bits per heavy atom. The molecule has 1 amide bonds. The van der Waals surface area contributed by atoms with Crippen molar-refractivity contribution in [1.82, 2.24) is 20.0 Å². The number of carbonyl (C=O) groups is 2. The first kappa shape index (κ1) is 27.4. The minimum absolute atomic E-state index is 0.193. The summed E-state index contributed by atoms with van der Waals surface area (Å²) >= 11 is 6.54. The fourth-order valence-corrected chi connectivity index (χ4v) is 5.81. The molecule has 2 fully saturated rings. The lowest BCUT2D eigenvalue weighted by molar-refractivity contribution is -0.139. The van der Waals surface area contributed by atoms with Crippen molar-refractivity contribution in [2.75, 3.05) is 13.1 Å². The van der Waals surface area contributed by atoms with Gasteiger partial charge in [0.2, 0.25) is 5.78 Å². The molecule has 8 nitrogen and oxygen atoms in total. The average molecular weight is 573 g/mol. The Morgan fingerprint density at radius 2 is 1.76 bits per heavy atom. The molecule has 2 atom stereocenters. The van der Waals surface area contributed by atoms with E-state index in [1.165, 1.54) is 0 Å². The van der Waals surface area contributed by atoms with E-state index in [-0.39, 0.29) is 11.7 Å². The van der Waals surface area contributed by atoms with Crippen molar-refractivity contribution >= 4 is 34.2 Å². The Morgan fingerprint density at radius 3 is 2.44 bits per heavy atom. The molecule has 1 saturated carbocycles. The largest absolute Gasteiger partial charge is 0.489 e. The van der Waals surface area contributed by atoms with E-state index in [9.17, 15) is 14.7 Å². The summed E-state index contributed by atoms with van der Waals surface area (Å²) in [4.78, 5) is 28.2. The second-order valence-corrected chi connectivity index (χ2v) is 11.4. The first-order valence-corrected chi connectivity index (χ1v) is 14.4. The number of nitrogens with one attached hydrogen (secondary N) is 1. The summed E-state index contributed by atoms with van der Waals surface area (Å²) in [5, 5.41) is 20.6. The van der Waals surface area contributed by atoms with Crippen LogP contribution in [0, 0.1) is 0 Å². The second-order valence-electron chi connectivity index (χ2n) is 11.0. The minimum atomic E-state index is -1.55. The first-order chi connectivity index (χ1) is 19.7. The molecule has 212 valence electrons. The number of aromatic nitrogens is 2. The molecule has 1 saturated heterocycles. The van der Waals surface area contributed by atoms with Gasteiger partial charge in [0.15, 0.2) is 5.72 Å². The Labute approximate surface area is 243 Å². The fraction of sp³-hybridized carbons (Fsp3) is 0.344. The normalized spacial score (nSPS) is 17.8. The zero-order chi connectivity index (χ0) is 28.7. The lowest BCUT2D eigenvalue weighted by Gasteiger charge is -2.42. The van der Waals surface area contributed by atoms with Gasteiger partial charge in [0, 0.05) is 36.7 Å². The number of amides is 1. The molecule has 0 spiro atoms. The van der Waals surface area contributed by atoms with E-state index in [4.69, 9.17) is 16.3 Å². The lowest BCUT2D eigenvalue weighted by atomic mass is 9.93. The van der Waals surface area contributed by atoms with Gasteiger partial charge in [-0.15, -0.1) is 0 Å².